The average molecular weight is 445 g/mol. The molecule has 12 atom stereocenters. The molecule has 4 saturated carbocycles. The highest BCUT2D eigenvalue weighted by molar-refractivity contribution is 5.88. The fraction of sp³-hybridized carbons (Fsp3) is 0.963. The van der Waals surface area contributed by atoms with E-state index in [4.69, 9.17) is 0 Å². The first kappa shape index (κ1) is 21.9. The maximum atomic E-state index is 11.9. The predicted molar refractivity (Wildman–Crippen MR) is 124 cm³/mol. The van der Waals surface area contributed by atoms with Crippen molar-refractivity contribution in [2.45, 2.75) is 96.3 Å². The fourth-order valence-corrected chi connectivity index (χ4v) is 10.5. The summed E-state index contributed by atoms with van der Waals surface area (Å²) in [7, 11) is 0. The van der Waals surface area contributed by atoms with Crippen molar-refractivity contribution in [2.75, 3.05) is 13.1 Å². The second kappa shape index (κ2) is 7.42. The van der Waals surface area contributed by atoms with Crippen molar-refractivity contribution in [1.82, 2.24) is 4.90 Å². The predicted octanol–water partition coefficient (Wildman–Crippen LogP) is 4.15. The number of fused-ring (bicyclic) bond motifs is 8. The van der Waals surface area contributed by atoms with Gasteiger partial charge in [-0.25, -0.2) is 0 Å². The molecule has 0 bridgehead atoms. The van der Waals surface area contributed by atoms with Crippen molar-refractivity contribution in [3.8, 4) is 0 Å². The normalized spacial score (nSPS) is 59.0. The Kier molecular flexibility index (Phi) is 5.07. The Balaban J connectivity index is 1.32. The largest absolute Gasteiger partial charge is 0.411 e. The molecule has 0 aromatic carbocycles. The van der Waals surface area contributed by atoms with Crippen LogP contribution in [0, 0.1) is 52.8 Å². The van der Waals surface area contributed by atoms with E-state index < -0.39 is 5.60 Å². The molecule has 6 fully saturated rings. The molecule has 5 heteroatoms. The van der Waals surface area contributed by atoms with Crippen LogP contribution in [0.3, 0.4) is 0 Å². The molecule has 6 rings (SSSR count). The van der Waals surface area contributed by atoms with Crippen LogP contribution in [0.25, 0.3) is 0 Å². The number of rotatable bonds is 0. The average Bonchev–Trinajstić information content (AvgIpc) is 3.14. The molecule has 32 heavy (non-hydrogen) atoms. The quantitative estimate of drug-likeness (QED) is 0.388. The van der Waals surface area contributed by atoms with E-state index in [0.29, 0.717) is 41.5 Å². The minimum atomic E-state index is -0.569. The Bertz CT molecular complexity index is 783. The van der Waals surface area contributed by atoms with Gasteiger partial charge in [-0.15, -0.1) is 0 Å². The van der Waals surface area contributed by atoms with Gasteiger partial charge in [0, 0.05) is 25.0 Å². The molecular formula is C27H44N2O3. The van der Waals surface area contributed by atoms with E-state index in [-0.39, 0.29) is 17.4 Å². The monoisotopic (exact) mass is 444 g/mol. The summed E-state index contributed by atoms with van der Waals surface area (Å²) in [6.07, 6.45) is 9.45. The number of piperidine rings is 2. The lowest BCUT2D eigenvalue weighted by Gasteiger charge is -2.59. The summed E-state index contributed by atoms with van der Waals surface area (Å²) >= 11 is 0. The lowest BCUT2D eigenvalue weighted by molar-refractivity contribution is -0.175. The summed E-state index contributed by atoms with van der Waals surface area (Å²) in [5, 5.41) is 36.0. The van der Waals surface area contributed by atoms with E-state index in [1.807, 2.05) is 0 Å². The Morgan fingerprint density at radius 2 is 1.72 bits per heavy atom. The summed E-state index contributed by atoms with van der Waals surface area (Å²) in [6.45, 7) is 9.30. The third-order valence-electron chi connectivity index (χ3n) is 12.0. The standard InChI is InChI=1S/C27H44N2O3/c1-15-4-7-25-27(3,31)21-6-5-17-18(20(21)14-29(25)13-15)11-22-19(17)12-24(28-32)23-10-16(30)8-9-26(22,23)2/h15-23,25,30-32H,4-14H2,1-3H3/b28-24+/t15-,16+,17-,18-,19+,20+,21+,22+,23+,25+,26+,27+/m1/s1. The lowest BCUT2D eigenvalue weighted by Crippen LogP contribution is -2.67. The van der Waals surface area contributed by atoms with Gasteiger partial charge < -0.3 is 15.4 Å². The Morgan fingerprint density at radius 3 is 2.50 bits per heavy atom. The van der Waals surface area contributed by atoms with Gasteiger partial charge in [0.1, 0.15) is 0 Å². The van der Waals surface area contributed by atoms with Gasteiger partial charge in [-0.1, -0.05) is 19.0 Å². The van der Waals surface area contributed by atoms with E-state index in [9.17, 15) is 15.4 Å². The van der Waals surface area contributed by atoms with Crippen LogP contribution in [0.5, 0.6) is 0 Å². The number of oxime groups is 1. The van der Waals surface area contributed by atoms with Crippen LogP contribution in [-0.4, -0.2) is 56.9 Å². The van der Waals surface area contributed by atoms with Crippen molar-refractivity contribution >= 4 is 5.71 Å². The summed E-state index contributed by atoms with van der Waals surface area (Å²) in [5.41, 5.74) is 0.549. The molecule has 0 amide bonds. The lowest BCUT2D eigenvalue weighted by atomic mass is 9.51. The minimum absolute atomic E-state index is 0.149. The van der Waals surface area contributed by atoms with Gasteiger partial charge in [-0.3, -0.25) is 4.90 Å². The molecule has 0 radical (unpaired) electrons. The molecule has 4 aliphatic carbocycles. The first-order valence-corrected chi connectivity index (χ1v) is 13.6. The van der Waals surface area contributed by atoms with E-state index in [0.717, 1.165) is 56.7 Å². The molecule has 2 aliphatic heterocycles. The van der Waals surface area contributed by atoms with Crippen molar-refractivity contribution in [3.63, 3.8) is 0 Å². The highest BCUT2D eigenvalue weighted by atomic mass is 16.4. The smallest absolute Gasteiger partial charge is 0.0805 e. The first-order chi connectivity index (χ1) is 15.2. The Morgan fingerprint density at radius 1 is 0.906 bits per heavy atom. The molecule has 180 valence electrons. The number of aliphatic hydroxyl groups is 2. The van der Waals surface area contributed by atoms with Crippen LogP contribution in [0.2, 0.25) is 0 Å². The summed E-state index contributed by atoms with van der Waals surface area (Å²) in [5.74, 6) is 4.68. The molecule has 2 saturated heterocycles. The highest BCUT2D eigenvalue weighted by Crippen LogP contribution is 2.66. The molecule has 0 aromatic heterocycles. The zero-order valence-corrected chi connectivity index (χ0v) is 20.3. The van der Waals surface area contributed by atoms with Gasteiger partial charge in [0.2, 0.25) is 0 Å². The molecule has 0 unspecified atom stereocenters. The number of nitrogens with zero attached hydrogens (tertiary/aromatic N) is 2. The van der Waals surface area contributed by atoms with E-state index in [2.05, 4.69) is 30.8 Å². The zero-order valence-electron chi connectivity index (χ0n) is 20.3. The van der Waals surface area contributed by atoms with E-state index in [1.165, 1.54) is 25.8 Å². The van der Waals surface area contributed by atoms with Crippen LogP contribution in [0.4, 0.5) is 0 Å². The third-order valence-corrected chi connectivity index (χ3v) is 12.0. The van der Waals surface area contributed by atoms with Crippen molar-refractivity contribution in [3.05, 3.63) is 0 Å². The molecule has 0 aromatic rings. The summed E-state index contributed by atoms with van der Waals surface area (Å²) < 4.78 is 0. The van der Waals surface area contributed by atoms with Crippen LogP contribution >= 0.6 is 0 Å². The van der Waals surface area contributed by atoms with E-state index >= 15 is 0 Å². The topological polar surface area (TPSA) is 76.3 Å². The van der Waals surface area contributed by atoms with Gasteiger partial charge in [0.25, 0.3) is 0 Å². The van der Waals surface area contributed by atoms with Crippen LogP contribution in [-0.2, 0) is 0 Å². The molecule has 3 N–H and O–H groups in total. The van der Waals surface area contributed by atoms with Gasteiger partial charge in [-0.2, -0.15) is 0 Å². The Labute approximate surface area is 193 Å². The zero-order chi connectivity index (χ0) is 22.4. The maximum Gasteiger partial charge on any atom is 0.0805 e. The molecule has 5 nitrogen and oxygen atoms in total. The van der Waals surface area contributed by atoms with Crippen molar-refractivity contribution in [1.29, 1.82) is 0 Å². The number of hydrogen-bond acceptors (Lipinski definition) is 5. The number of aliphatic hydroxyl groups excluding tert-OH is 1. The van der Waals surface area contributed by atoms with Crippen molar-refractivity contribution < 1.29 is 15.4 Å². The van der Waals surface area contributed by atoms with Crippen LogP contribution in [0.15, 0.2) is 5.16 Å². The SMILES string of the molecule is C[C@@H]1CC[C@@H]2N(C1)C[C@H]1[C@@H]3C[C@H]4[C@@H](C/C(=N\O)[C@@H]5C[C@@H](O)CC[C@]54C)[C@@H]3CC[C@@H]1[C@]2(C)O. The summed E-state index contributed by atoms with van der Waals surface area (Å²) in [6, 6.07) is 0.343. The fourth-order valence-electron chi connectivity index (χ4n) is 10.5. The molecular weight excluding hydrogens is 400 g/mol. The van der Waals surface area contributed by atoms with Crippen LogP contribution < -0.4 is 0 Å². The highest BCUT2D eigenvalue weighted by Gasteiger charge is 2.64. The Hall–Kier alpha value is -0.650. The van der Waals surface area contributed by atoms with Crippen molar-refractivity contribution in [2.24, 2.45) is 57.9 Å². The van der Waals surface area contributed by atoms with Crippen LogP contribution in [0.1, 0.15) is 78.6 Å². The van der Waals surface area contributed by atoms with Gasteiger partial charge in [-0.05, 0) is 112 Å². The van der Waals surface area contributed by atoms with Gasteiger partial charge in [0.05, 0.1) is 17.4 Å². The number of hydrogen-bond donors (Lipinski definition) is 3. The van der Waals surface area contributed by atoms with E-state index in [1.54, 1.807) is 0 Å². The molecule has 0 spiro atoms. The maximum absolute atomic E-state index is 11.9. The third kappa shape index (κ3) is 2.95. The minimum Gasteiger partial charge on any atom is -0.411 e. The molecule has 6 aliphatic rings. The van der Waals surface area contributed by atoms with Gasteiger partial charge >= 0.3 is 0 Å². The molecule has 2 heterocycles. The first-order valence-electron chi connectivity index (χ1n) is 13.6. The second-order valence-electron chi connectivity index (χ2n) is 13.3. The summed E-state index contributed by atoms with van der Waals surface area (Å²) in [4.78, 5) is 2.67. The van der Waals surface area contributed by atoms with Gasteiger partial charge in [0.15, 0.2) is 0 Å². The second-order valence-corrected chi connectivity index (χ2v) is 13.3.